The predicted molar refractivity (Wildman–Crippen MR) is 158 cm³/mol. The summed E-state index contributed by atoms with van der Waals surface area (Å²) in [5, 5.41) is 15.5. The minimum absolute atomic E-state index is 0.000940. The first-order valence-corrected chi connectivity index (χ1v) is 13.4. The Morgan fingerprint density at radius 2 is 1.57 bits per heavy atom. The third-order valence-corrected chi connectivity index (χ3v) is 7.54. The zero-order chi connectivity index (χ0) is 28.4. The maximum absolute atomic E-state index is 13.3. The molecule has 0 saturated heterocycles. The maximum Gasteiger partial charge on any atom is 0.340 e. The molecule has 0 saturated carbocycles. The number of carbonyl (C=O) groups excluding carboxylic acids is 1. The lowest BCUT2D eigenvalue weighted by Gasteiger charge is -2.33. The molecule has 1 atom stereocenters. The summed E-state index contributed by atoms with van der Waals surface area (Å²) in [5.74, 6) is 0.450. The number of hydrogen-bond acceptors (Lipinski definition) is 7. The van der Waals surface area contributed by atoms with Crippen LogP contribution in [-0.2, 0) is 10.3 Å². The average Bonchev–Trinajstić information content (AvgIpc) is 3.27. The Labute approximate surface area is 238 Å². The highest BCUT2D eigenvalue weighted by atomic mass is 35.5. The van der Waals surface area contributed by atoms with Crippen LogP contribution >= 0.6 is 11.6 Å². The van der Waals surface area contributed by atoms with Crippen LogP contribution in [0.3, 0.4) is 0 Å². The van der Waals surface area contributed by atoms with Crippen molar-refractivity contribution in [2.45, 2.75) is 19.4 Å². The van der Waals surface area contributed by atoms with Crippen LogP contribution in [-0.4, -0.2) is 38.4 Å². The van der Waals surface area contributed by atoms with Gasteiger partial charge in [0.05, 0.1) is 25.5 Å². The monoisotopic (exact) mass is 558 g/mol. The predicted octanol–water partition coefficient (Wildman–Crippen LogP) is 7.11. The summed E-state index contributed by atoms with van der Waals surface area (Å²) >= 11 is 6.09. The number of esters is 1. The molecule has 0 aromatic heterocycles. The third kappa shape index (κ3) is 4.56. The van der Waals surface area contributed by atoms with Gasteiger partial charge in [-0.3, -0.25) is 0 Å². The van der Waals surface area contributed by atoms with Gasteiger partial charge < -0.3 is 29.5 Å². The number of phenols is 1. The number of carbonyl (C=O) groups is 1. The zero-order valence-electron chi connectivity index (χ0n) is 22.8. The molecule has 0 radical (unpaired) electrons. The number of cyclic esters (lactones) is 1. The molecule has 0 spiro atoms. The largest absolute Gasteiger partial charge is 0.507 e. The van der Waals surface area contributed by atoms with Gasteiger partial charge in [0, 0.05) is 58.3 Å². The molecule has 1 heterocycles. The average molecular weight is 559 g/mol. The minimum Gasteiger partial charge on any atom is -0.507 e. The molecule has 0 bridgehead atoms. The Kier molecular flexibility index (Phi) is 7.50. The second-order valence-corrected chi connectivity index (χ2v) is 9.81. The highest BCUT2D eigenvalue weighted by Gasteiger charge is 2.51. The van der Waals surface area contributed by atoms with E-state index in [-0.39, 0.29) is 5.75 Å². The van der Waals surface area contributed by atoms with Gasteiger partial charge in [0.1, 0.15) is 17.2 Å². The van der Waals surface area contributed by atoms with E-state index in [1.807, 2.05) is 42.5 Å². The lowest BCUT2D eigenvalue weighted by Crippen LogP contribution is -2.31. The summed E-state index contributed by atoms with van der Waals surface area (Å²) in [7, 11) is 3.12. The Morgan fingerprint density at radius 1 is 0.875 bits per heavy atom. The number of phenolic OH excluding ortho intramolecular Hbond substituents is 1. The van der Waals surface area contributed by atoms with Crippen molar-refractivity contribution in [3.63, 3.8) is 0 Å². The number of fused-ring (bicyclic) bond motifs is 1. The van der Waals surface area contributed by atoms with Gasteiger partial charge >= 0.3 is 5.97 Å². The normalized spacial score (nSPS) is 15.8. The van der Waals surface area contributed by atoms with Gasteiger partial charge in [-0.25, -0.2) is 4.79 Å². The zero-order valence-corrected chi connectivity index (χ0v) is 23.6. The van der Waals surface area contributed by atoms with E-state index in [1.54, 1.807) is 50.6 Å². The number of benzene rings is 4. The first-order chi connectivity index (χ1) is 19.4. The summed E-state index contributed by atoms with van der Waals surface area (Å²) in [6.07, 6.45) is 0. The molecule has 7 nitrogen and oxygen atoms in total. The molecule has 40 heavy (non-hydrogen) atoms. The lowest BCUT2D eigenvalue weighted by molar-refractivity contribution is 0.0239. The Balaban J connectivity index is 1.78. The fourth-order valence-electron chi connectivity index (χ4n) is 5.33. The highest BCUT2D eigenvalue weighted by Crippen LogP contribution is 2.54. The summed E-state index contributed by atoms with van der Waals surface area (Å²) in [5.41, 5.74) is 2.73. The van der Waals surface area contributed by atoms with E-state index in [0.717, 1.165) is 24.5 Å². The highest BCUT2D eigenvalue weighted by molar-refractivity contribution is 6.30. The third-order valence-electron chi connectivity index (χ3n) is 7.29. The fraction of sp³-hybridized carbons (Fsp3) is 0.219. The van der Waals surface area contributed by atoms with Gasteiger partial charge in [0.15, 0.2) is 5.60 Å². The summed E-state index contributed by atoms with van der Waals surface area (Å²) in [4.78, 5) is 15.5. The quantitative estimate of drug-likeness (QED) is 0.212. The second kappa shape index (κ2) is 11.0. The first-order valence-electron chi connectivity index (χ1n) is 13.1. The van der Waals surface area contributed by atoms with Crippen LogP contribution in [0.15, 0.2) is 78.9 Å². The molecule has 206 valence electrons. The summed E-state index contributed by atoms with van der Waals surface area (Å²) in [6.45, 7) is 5.68. The van der Waals surface area contributed by atoms with Crippen LogP contribution in [0.25, 0.3) is 0 Å². The van der Waals surface area contributed by atoms with Crippen molar-refractivity contribution in [3.05, 3.63) is 106 Å². The van der Waals surface area contributed by atoms with Crippen LogP contribution in [0.5, 0.6) is 17.2 Å². The number of nitrogens with zero attached hydrogens (tertiary/aromatic N) is 1. The Bertz CT molecular complexity index is 1550. The maximum atomic E-state index is 13.3. The lowest BCUT2D eigenvalue weighted by atomic mass is 9.78. The van der Waals surface area contributed by atoms with Crippen molar-refractivity contribution < 1.29 is 24.1 Å². The minimum atomic E-state index is -1.49. The number of hydrogen-bond donors (Lipinski definition) is 2. The van der Waals surface area contributed by atoms with Gasteiger partial charge in [0.25, 0.3) is 0 Å². The molecule has 1 unspecified atom stereocenters. The van der Waals surface area contributed by atoms with Gasteiger partial charge in [-0.15, -0.1) is 0 Å². The van der Waals surface area contributed by atoms with Crippen LogP contribution < -0.4 is 19.7 Å². The fourth-order valence-corrected chi connectivity index (χ4v) is 5.45. The molecule has 1 aliphatic heterocycles. The van der Waals surface area contributed by atoms with E-state index in [1.165, 1.54) is 0 Å². The molecular formula is C32H31ClN2O5. The second-order valence-electron chi connectivity index (χ2n) is 9.37. The molecule has 1 aliphatic rings. The standard InChI is InChI=1S/C32H31ClN2O5/c1-5-35(6-2)22-15-16-25(28(36)17-22)32(24-10-8-7-9-23(24)31(37)40-32)26-18-27(30(39-4)19-29(26)38-3)34-21-13-11-20(33)12-14-21/h7-19,34,36H,5-6H2,1-4H3. The molecule has 4 aromatic rings. The smallest absolute Gasteiger partial charge is 0.340 e. The Hall–Kier alpha value is -4.36. The van der Waals surface area contributed by atoms with Gasteiger partial charge in [-0.1, -0.05) is 29.8 Å². The molecule has 5 rings (SSSR count). The van der Waals surface area contributed by atoms with Crippen molar-refractivity contribution in [2.24, 2.45) is 0 Å². The van der Waals surface area contributed by atoms with E-state index < -0.39 is 11.6 Å². The molecular weight excluding hydrogens is 528 g/mol. The van der Waals surface area contributed by atoms with Gasteiger partial charge in [0.2, 0.25) is 0 Å². The van der Waals surface area contributed by atoms with E-state index >= 15 is 0 Å². The van der Waals surface area contributed by atoms with Crippen LogP contribution in [0.4, 0.5) is 17.1 Å². The van der Waals surface area contributed by atoms with Crippen molar-refractivity contribution in [1.29, 1.82) is 0 Å². The van der Waals surface area contributed by atoms with Crippen molar-refractivity contribution in [2.75, 3.05) is 37.5 Å². The number of aromatic hydroxyl groups is 1. The van der Waals surface area contributed by atoms with Crippen LogP contribution in [0.1, 0.15) is 40.9 Å². The molecule has 2 N–H and O–H groups in total. The van der Waals surface area contributed by atoms with E-state index in [2.05, 4.69) is 24.1 Å². The van der Waals surface area contributed by atoms with Crippen LogP contribution in [0.2, 0.25) is 5.02 Å². The molecule has 4 aromatic carbocycles. The molecule has 0 amide bonds. The van der Waals surface area contributed by atoms with Gasteiger partial charge in [-0.05, 0) is 62.4 Å². The molecule has 0 aliphatic carbocycles. The van der Waals surface area contributed by atoms with Gasteiger partial charge in [-0.2, -0.15) is 0 Å². The first kappa shape index (κ1) is 27.2. The number of halogens is 1. The number of nitrogens with one attached hydrogen (secondary N) is 1. The van der Waals surface area contributed by atoms with E-state index in [0.29, 0.717) is 44.5 Å². The van der Waals surface area contributed by atoms with Crippen molar-refractivity contribution in [1.82, 2.24) is 0 Å². The summed E-state index contributed by atoms with van der Waals surface area (Å²) in [6, 6.07) is 23.5. The van der Waals surface area contributed by atoms with Crippen molar-refractivity contribution >= 4 is 34.6 Å². The SMILES string of the molecule is CCN(CC)c1ccc(C2(c3cc(Nc4ccc(Cl)cc4)c(OC)cc3OC)OC(=O)c3ccccc32)c(O)c1. The number of ether oxygens (including phenoxy) is 3. The number of rotatable bonds is 9. The van der Waals surface area contributed by atoms with Crippen molar-refractivity contribution in [3.8, 4) is 17.2 Å². The van der Waals surface area contributed by atoms with E-state index in [9.17, 15) is 9.90 Å². The number of methoxy groups -OCH3 is 2. The Morgan fingerprint density at radius 3 is 2.23 bits per heavy atom. The molecule has 0 fully saturated rings. The van der Waals surface area contributed by atoms with E-state index in [4.69, 9.17) is 25.8 Å². The topological polar surface area (TPSA) is 80.3 Å². The molecule has 8 heteroatoms. The van der Waals surface area contributed by atoms with Crippen LogP contribution in [0, 0.1) is 0 Å². The number of anilines is 3. The summed E-state index contributed by atoms with van der Waals surface area (Å²) < 4.78 is 17.8.